The molecule has 0 aromatic carbocycles. The lowest BCUT2D eigenvalue weighted by atomic mass is 9.72. The Labute approximate surface area is 251 Å². The van der Waals surface area contributed by atoms with Gasteiger partial charge in [0, 0.05) is 0 Å². The Morgan fingerprint density at radius 3 is 1.82 bits per heavy atom. The van der Waals surface area contributed by atoms with E-state index in [1.54, 1.807) is 22.3 Å². The van der Waals surface area contributed by atoms with Gasteiger partial charge in [0.15, 0.2) is 0 Å². The van der Waals surface area contributed by atoms with Crippen molar-refractivity contribution in [1.29, 1.82) is 0 Å². The second kappa shape index (κ2) is 16.8. The summed E-state index contributed by atoms with van der Waals surface area (Å²) < 4.78 is 0. The highest BCUT2D eigenvalue weighted by Crippen LogP contribution is 2.42. The van der Waals surface area contributed by atoms with Crippen LogP contribution < -0.4 is 0 Å². The third kappa shape index (κ3) is 12.1. The molecule has 0 saturated heterocycles. The van der Waals surface area contributed by atoms with Crippen molar-refractivity contribution in [3.05, 3.63) is 70.4 Å². The molecule has 0 N–H and O–H groups in total. The van der Waals surface area contributed by atoms with Crippen molar-refractivity contribution >= 4 is 0 Å². The molecule has 0 bridgehead atoms. The first-order valence-electron chi connectivity index (χ1n) is 16.9. The maximum atomic E-state index is 2.49. The van der Waals surface area contributed by atoms with Crippen LogP contribution in [0.25, 0.3) is 0 Å². The van der Waals surface area contributed by atoms with Gasteiger partial charge in [-0.25, -0.2) is 0 Å². The molecule has 0 aliphatic heterocycles. The van der Waals surface area contributed by atoms with Crippen molar-refractivity contribution in [3.8, 4) is 0 Å². The van der Waals surface area contributed by atoms with Crippen LogP contribution in [0, 0.1) is 28.6 Å². The molecule has 0 nitrogen and oxygen atoms in total. The van der Waals surface area contributed by atoms with E-state index in [0.29, 0.717) is 16.7 Å². The van der Waals surface area contributed by atoms with Crippen LogP contribution in [0.4, 0.5) is 0 Å². The van der Waals surface area contributed by atoms with Crippen LogP contribution in [0.3, 0.4) is 0 Å². The van der Waals surface area contributed by atoms with Crippen molar-refractivity contribution in [3.63, 3.8) is 0 Å². The zero-order chi connectivity index (χ0) is 29.8. The molecule has 3 unspecified atom stereocenters. The van der Waals surface area contributed by atoms with E-state index < -0.39 is 0 Å². The normalized spacial score (nSPS) is 22.6. The molecular formula is C40H66. The van der Waals surface area contributed by atoms with Crippen molar-refractivity contribution in [1.82, 2.24) is 0 Å². The minimum Gasteiger partial charge on any atom is -0.0883 e. The third-order valence-electron chi connectivity index (χ3n) is 9.91. The molecule has 40 heavy (non-hydrogen) atoms. The van der Waals surface area contributed by atoms with Gasteiger partial charge in [0.2, 0.25) is 0 Å². The third-order valence-corrected chi connectivity index (χ3v) is 9.91. The summed E-state index contributed by atoms with van der Waals surface area (Å²) in [6, 6.07) is 0. The van der Waals surface area contributed by atoms with Crippen molar-refractivity contribution in [2.24, 2.45) is 28.6 Å². The van der Waals surface area contributed by atoms with Crippen LogP contribution >= 0.6 is 0 Å². The Morgan fingerprint density at radius 1 is 0.750 bits per heavy atom. The SMILES string of the molecule is CC1=C(/C=C/C(C)=C/CCC(C)C/C=C\CC(C)CCCC(C)/C=C/C2=C(C)CCCC2(C)C)C(C)(C)CCC1. The highest BCUT2D eigenvalue weighted by atomic mass is 14.3. The van der Waals surface area contributed by atoms with Gasteiger partial charge >= 0.3 is 0 Å². The molecule has 0 amide bonds. The first kappa shape index (κ1) is 34.6. The van der Waals surface area contributed by atoms with Gasteiger partial charge < -0.3 is 0 Å². The summed E-state index contributed by atoms with van der Waals surface area (Å²) in [6.45, 7) is 23.8. The van der Waals surface area contributed by atoms with Gasteiger partial charge in [-0.3, -0.25) is 0 Å². The predicted molar refractivity (Wildman–Crippen MR) is 182 cm³/mol. The Morgan fingerprint density at radius 2 is 1.27 bits per heavy atom. The number of allylic oxidation sites excluding steroid dienone is 12. The van der Waals surface area contributed by atoms with E-state index >= 15 is 0 Å². The van der Waals surface area contributed by atoms with Crippen LogP contribution in [0.5, 0.6) is 0 Å². The van der Waals surface area contributed by atoms with Gasteiger partial charge in [-0.1, -0.05) is 121 Å². The molecule has 3 atom stereocenters. The summed E-state index contributed by atoms with van der Waals surface area (Å²) in [6.07, 6.45) is 33.8. The summed E-state index contributed by atoms with van der Waals surface area (Å²) in [4.78, 5) is 0. The average molecular weight is 547 g/mol. The van der Waals surface area contributed by atoms with E-state index in [-0.39, 0.29) is 0 Å². The van der Waals surface area contributed by atoms with Crippen molar-refractivity contribution in [2.45, 2.75) is 153 Å². The summed E-state index contributed by atoms with van der Waals surface area (Å²) in [5.41, 5.74) is 8.46. The van der Waals surface area contributed by atoms with E-state index in [4.69, 9.17) is 0 Å². The molecule has 0 heterocycles. The maximum absolute atomic E-state index is 2.49. The fourth-order valence-electron chi connectivity index (χ4n) is 6.94. The highest BCUT2D eigenvalue weighted by Gasteiger charge is 2.27. The smallest absolute Gasteiger partial charge is 0.0104 e. The molecule has 0 heteroatoms. The molecule has 2 aliphatic carbocycles. The van der Waals surface area contributed by atoms with Crippen molar-refractivity contribution in [2.75, 3.05) is 0 Å². The van der Waals surface area contributed by atoms with Crippen LogP contribution in [-0.4, -0.2) is 0 Å². The Bertz CT molecular complexity index is 954. The van der Waals surface area contributed by atoms with Crippen molar-refractivity contribution < 1.29 is 0 Å². The van der Waals surface area contributed by atoms with Crippen LogP contribution in [-0.2, 0) is 0 Å². The van der Waals surface area contributed by atoms with Gasteiger partial charge in [-0.2, -0.15) is 0 Å². The van der Waals surface area contributed by atoms with Gasteiger partial charge in [0.25, 0.3) is 0 Å². The molecule has 226 valence electrons. The van der Waals surface area contributed by atoms with Crippen LogP contribution in [0.1, 0.15) is 153 Å². The van der Waals surface area contributed by atoms with E-state index in [0.717, 1.165) is 11.8 Å². The quantitative estimate of drug-likeness (QED) is 0.141. The van der Waals surface area contributed by atoms with E-state index in [1.165, 1.54) is 89.0 Å². The van der Waals surface area contributed by atoms with Gasteiger partial charge in [0.05, 0.1) is 0 Å². The number of hydrogen-bond donors (Lipinski definition) is 0. The highest BCUT2D eigenvalue weighted by molar-refractivity contribution is 5.36. The Hall–Kier alpha value is -1.56. The molecule has 0 radical (unpaired) electrons. The minimum atomic E-state index is 0.330. The van der Waals surface area contributed by atoms with Gasteiger partial charge in [-0.15, -0.1) is 0 Å². The van der Waals surface area contributed by atoms with Crippen LogP contribution in [0.2, 0.25) is 0 Å². The molecule has 2 rings (SSSR count). The van der Waals surface area contributed by atoms with E-state index in [1.807, 2.05) is 0 Å². The fourth-order valence-corrected chi connectivity index (χ4v) is 6.94. The lowest BCUT2D eigenvalue weighted by molar-refractivity contribution is 0.376. The largest absolute Gasteiger partial charge is 0.0883 e. The Kier molecular flexibility index (Phi) is 14.5. The van der Waals surface area contributed by atoms with Crippen LogP contribution in [0.15, 0.2) is 70.4 Å². The summed E-state index contributed by atoms with van der Waals surface area (Å²) in [5.74, 6) is 2.22. The maximum Gasteiger partial charge on any atom is -0.0104 e. The first-order chi connectivity index (χ1) is 18.8. The summed E-state index contributed by atoms with van der Waals surface area (Å²) in [5, 5.41) is 0. The predicted octanol–water partition coefficient (Wildman–Crippen LogP) is 13.3. The molecule has 0 aromatic rings. The standard InChI is InChI=1S/C40H66/c1-31(19-13-21-33(3)25-27-37-35(5)23-15-29-39(37,7)8)17-11-12-18-32(2)20-14-22-34(4)26-28-38-36(6)24-16-30-40(38,9)10/h11-12,21,25-28,31-32,34H,13-20,22-24,29-30H2,1-10H3/b12-11-,27-25+,28-26+,33-21+. The monoisotopic (exact) mass is 547 g/mol. The summed E-state index contributed by atoms with van der Waals surface area (Å²) in [7, 11) is 0. The molecule has 0 aromatic heterocycles. The molecule has 0 spiro atoms. The minimum absolute atomic E-state index is 0.330. The van der Waals surface area contributed by atoms with E-state index in [2.05, 4.69) is 112 Å². The molecule has 0 saturated carbocycles. The topological polar surface area (TPSA) is 0 Å². The zero-order valence-corrected chi connectivity index (χ0v) is 28.5. The van der Waals surface area contributed by atoms with Gasteiger partial charge in [-0.05, 0) is 131 Å². The lowest BCUT2D eigenvalue weighted by Crippen LogP contribution is -2.19. The lowest BCUT2D eigenvalue weighted by Gasteiger charge is -2.33. The number of hydrogen-bond acceptors (Lipinski definition) is 0. The second-order valence-corrected chi connectivity index (χ2v) is 15.1. The van der Waals surface area contributed by atoms with E-state index in [9.17, 15) is 0 Å². The molecule has 0 fully saturated rings. The summed E-state index contributed by atoms with van der Waals surface area (Å²) >= 11 is 0. The zero-order valence-electron chi connectivity index (χ0n) is 28.5. The van der Waals surface area contributed by atoms with Gasteiger partial charge in [0.1, 0.15) is 0 Å². The first-order valence-corrected chi connectivity index (χ1v) is 16.9. The number of rotatable bonds is 15. The average Bonchev–Trinajstić information content (AvgIpc) is 2.85. The Balaban J connectivity index is 1.63. The second-order valence-electron chi connectivity index (χ2n) is 15.1. The molecular weight excluding hydrogens is 480 g/mol. The molecule has 2 aliphatic rings. The fraction of sp³-hybridized carbons (Fsp3) is 0.700.